The van der Waals surface area contributed by atoms with Gasteiger partial charge in [-0.3, -0.25) is 4.79 Å². The van der Waals surface area contributed by atoms with Crippen molar-refractivity contribution < 1.29 is 14.3 Å². The second-order valence-electron chi connectivity index (χ2n) is 6.61. The number of amides is 1. The van der Waals surface area contributed by atoms with Crippen molar-refractivity contribution in [3.63, 3.8) is 0 Å². The van der Waals surface area contributed by atoms with Gasteiger partial charge in [0.1, 0.15) is 11.6 Å². The molecule has 0 aliphatic rings. The lowest BCUT2D eigenvalue weighted by Crippen LogP contribution is -2.31. The number of halogens is 1. The van der Waals surface area contributed by atoms with Gasteiger partial charge in [0.15, 0.2) is 6.61 Å². The van der Waals surface area contributed by atoms with Gasteiger partial charge in [-0.25, -0.2) is 4.79 Å². The van der Waals surface area contributed by atoms with Gasteiger partial charge in [0.2, 0.25) is 0 Å². The molecule has 0 saturated carbocycles. The molecule has 0 radical (unpaired) electrons. The molecule has 0 spiro atoms. The molecular weight excluding hydrogens is 390 g/mol. The van der Waals surface area contributed by atoms with E-state index in [1.165, 1.54) is 11.0 Å². The Morgan fingerprint density at radius 3 is 2.41 bits per heavy atom. The Morgan fingerprint density at radius 1 is 1.14 bits per heavy atom. The quantitative estimate of drug-likeness (QED) is 0.396. The summed E-state index contributed by atoms with van der Waals surface area (Å²) in [5.74, 6) is -1.22. The number of anilines is 1. The van der Waals surface area contributed by atoms with Crippen LogP contribution >= 0.6 is 11.6 Å². The standard InChI is InChI=1S/C22H22ClN3O3/c1-25(2)20-9-7-16(8-10-20)11-18(13-24)22(28)29-15-21(27)26(3)14-17-5-4-6-19(23)12-17/h4-12H,14-15H2,1-3H3/b18-11+. The van der Waals surface area contributed by atoms with E-state index in [-0.39, 0.29) is 11.5 Å². The minimum absolute atomic E-state index is 0.173. The molecule has 1 amide bonds. The Hall–Kier alpha value is -3.30. The summed E-state index contributed by atoms with van der Waals surface area (Å²) in [5.41, 5.74) is 2.37. The van der Waals surface area contributed by atoms with Crippen LogP contribution < -0.4 is 4.90 Å². The fraction of sp³-hybridized carbons (Fsp3) is 0.227. The first-order valence-corrected chi connectivity index (χ1v) is 9.22. The first-order valence-electron chi connectivity index (χ1n) is 8.85. The molecule has 6 nitrogen and oxygen atoms in total. The van der Waals surface area contributed by atoms with Gasteiger partial charge in [-0.2, -0.15) is 5.26 Å². The average molecular weight is 412 g/mol. The summed E-state index contributed by atoms with van der Waals surface area (Å²) < 4.78 is 5.02. The number of benzene rings is 2. The number of hydrogen-bond acceptors (Lipinski definition) is 5. The third-order valence-corrected chi connectivity index (χ3v) is 4.36. The second-order valence-corrected chi connectivity index (χ2v) is 7.05. The predicted octanol–water partition coefficient (Wildman–Crippen LogP) is 3.51. The molecule has 0 heterocycles. The maximum absolute atomic E-state index is 12.2. The van der Waals surface area contributed by atoms with Crippen molar-refractivity contribution in [3.8, 4) is 6.07 Å². The zero-order valence-corrected chi connectivity index (χ0v) is 17.3. The molecule has 0 fully saturated rings. The van der Waals surface area contributed by atoms with Crippen LogP contribution in [-0.2, 0) is 20.9 Å². The number of hydrogen-bond donors (Lipinski definition) is 0. The monoisotopic (exact) mass is 411 g/mol. The molecule has 0 aliphatic heterocycles. The van der Waals surface area contributed by atoms with Crippen LogP contribution in [0.5, 0.6) is 0 Å². The molecule has 0 aliphatic carbocycles. The third kappa shape index (κ3) is 6.66. The summed E-state index contributed by atoms with van der Waals surface area (Å²) in [4.78, 5) is 27.8. The number of nitrogens with zero attached hydrogens (tertiary/aromatic N) is 3. The van der Waals surface area contributed by atoms with Crippen molar-refractivity contribution in [2.75, 3.05) is 32.6 Å². The van der Waals surface area contributed by atoms with E-state index in [0.29, 0.717) is 17.1 Å². The van der Waals surface area contributed by atoms with Gasteiger partial charge < -0.3 is 14.5 Å². The molecule has 2 aromatic carbocycles. The van der Waals surface area contributed by atoms with Gasteiger partial charge in [0.25, 0.3) is 5.91 Å². The van der Waals surface area contributed by atoms with Crippen LogP contribution in [0.1, 0.15) is 11.1 Å². The molecule has 0 atom stereocenters. The Balaban J connectivity index is 1.95. The van der Waals surface area contributed by atoms with Crippen LogP contribution in [0.4, 0.5) is 5.69 Å². The van der Waals surface area contributed by atoms with Gasteiger partial charge in [0.05, 0.1) is 0 Å². The van der Waals surface area contributed by atoms with Crippen LogP contribution in [0.25, 0.3) is 6.08 Å². The summed E-state index contributed by atoms with van der Waals surface area (Å²) in [6.07, 6.45) is 1.43. The highest BCUT2D eigenvalue weighted by molar-refractivity contribution is 6.30. The van der Waals surface area contributed by atoms with E-state index < -0.39 is 12.6 Å². The van der Waals surface area contributed by atoms with Crippen molar-refractivity contribution >= 4 is 35.2 Å². The number of likely N-dealkylation sites (N-methyl/N-ethyl adjacent to an activating group) is 1. The average Bonchev–Trinajstić information content (AvgIpc) is 2.70. The largest absolute Gasteiger partial charge is 0.451 e. The Kier molecular flexibility index (Phi) is 7.81. The van der Waals surface area contributed by atoms with E-state index in [9.17, 15) is 14.9 Å². The second kappa shape index (κ2) is 10.3. The number of ether oxygens (including phenoxy) is 1. The minimum Gasteiger partial charge on any atom is -0.451 e. The maximum atomic E-state index is 12.2. The van der Waals surface area contributed by atoms with Crippen molar-refractivity contribution in [1.82, 2.24) is 4.90 Å². The van der Waals surface area contributed by atoms with Crippen molar-refractivity contribution in [2.24, 2.45) is 0 Å². The third-order valence-electron chi connectivity index (χ3n) is 4.12. The molecule has 2 aromatic rings. The van der Waals surface area contributed by atoms with Crippen LogP contribution in [0.15, 0.2) is 54.1 Å². The van der Waals surface area contributed by atoms with Crippen LogP contribution in [0.3, 0.4) is 0 Å². The predicted molar refractivity (Wildman–Crippen MR) is 113 cm³/mol. The number of carbonyl (C=O) groups excluding carboxylic acids is 2. The van der Waals surface area contributed by atoms with Crippen molar-refractivity contribution in [1.29, 1.82) is 5.26 Å². The number of carbonyl (C=O) groups is 2. The van der Waals surface area contributed by atoms with Gasteiger partial charge in [-0.1, -0.05) is 35.9 Å². The van der Waals surface area contributed by atoms with E-state index in [0.717, 1.165) is 11.3 Å². The molecule has 0 aromatic heterocycles. The highest BCUT2D eigenvalue weighted by Gasteiger charge is 2.16. The molecule has 150 valence electrons. The highest BCUT2D eigenvalue weighted by atomic mass is 35.5. The summed E-state index contributed by atoms with van der Waals surface area (Å²) in [7, 11) is 5.44. The number of rotatable bonds is 7. The molecule has 0 unspecified atom stereocenters. The minimum atomic E-state index is -0.839. The fourth-order valence-corrected chi connectivity index (χ4v) is 2.70. The van der Waals surface area contributed by atoms with E-state index in [1.54, 1.807) is 37.4 Å². The van der Waals surface area contributed by atoms with Crippen LogP contribution in [0, 0.1) is 11.3 Å². The Morgan fingerprint density at radius 2 is 1.83 bits per heavy atom. The van der Waals surface area contributed by atoms with Gasteiger partial charge in [-0.15, -0.1) is 0 Å². The van der Waals surface area contributed by atoms with Gasteiger partial charge >= 0.3 is 5.97 Å². The Labute approximate surface area is 175 Å². The van der Waals surface area contributed by atoms with Gasteiger partial charge in [-0.05, 0) is 41.5 Å². The zero-order valence-electron chi connectivity index (χ0n) is 16.6. The molecular formula is C22H22ClN3O3. The SMILES string of the molecule is CN(Cc1cccc(Cl)c1)C(=O)COC(=O)/C(C#N)=C/c1ccc(N(C)C)cc1. The van der Waals surface area contributed by atoms with E-state index >= 15 is 0 Å². The zero-order chi connectivity index (χ0) is 21.4. The molecule has 29 heavy (non-hydrogen) atoms. The van der Waals surface area contributed by atoms with E-state index in [1.807, 2.05) is 43.3 Å². The smallest absolute Gasteiger partial charge is 0.349 e. The highest BCUT2D eigenvalue weighted by Crippen LogP contribution is 2.15. The fourth-order valence-electron chi connectivity index (χ4n) is 2.48. The number of nitriles is 1. The summed E-state index contributed by atoms with van der Waals surface area (Å²) in [6, 6.07) is 16.3. The van der Waals surface area contributed by atoms with Crippen molar-refractivity contribution in [2.45, 2.75) is 6.54 Å². The molecule has 0 saturated heterocycles. The molecule has 0 bridgehead atoms. The molecule has 2 rings (SSSR count). The van der Waals surface area contributed by atoms with E-state index in [2.05, 4.69) is 0 Å². The van der Waals surface area contributed by atoms with E-state index in [4.69, 9.17) is 16.3 Å². The first kappa shape index (κ1) is 22.0. The lowest BCUT2D eigenvalue weighted by Gasteiger charge is -2.17. The topological polar surface area (TPSA) is 73.6 Å². The first-order chi connectivity index (χ1) is 13.8. The molecule has 7 heteroatoms. The lowest BCUT2D eigenvalue weighted by atomic mass is 10.1. The maximum Gasteiger partial charge on any atom is 0.349 e. The van der Waals surface area contributed by atoms with Crippen LogP contribution in [0.2, 0.25) is 5.02 Å². The lowest BCUT2D eigenvalue weighted by molar-refractivity contribution is -0.148. The summed E-state index contributed by atoms with van der Waals surface area (Å²) >= 11 is 5.94. The van der Waals surface area contributed by atoms with Gasteiger partial charge in [0, 0.05) is 38.4 Å². The summed E-state index contributed by atoms with van der Waals surface area (Å²) in [5, 5.41) is 9.84. The van der Waals surface area contributed by atoms with Crippen molar-refractivity contribution in [3.05, 3.63) is 70.3 Å². The van der Waals surface area contributed by atoms with Crippen LogP contribution in [-0.4, -0.2) is 44.5 Å². The normalized spacial score (nSPS) is 10.8. The summed E-state index contributed by atoms with van der Waals surface area (Å²) in [6.45, 7) is -0.120. The Bertz CT molecular complexity index is 947. The number of esters is 1. The molecule has 0 N–H and O–H groups in total.